The second-order valence-corrected chi connectivity index (χ2v) is 4.43. The maximum absolute atomic E-state index is 11.4. The minimum atomic E-state index is -1.04. The topological polar surface area (TPSA) is 111 Å². The highest BCUT2D eigenvalue weighted by atomic mass is 16.4. The van der Waals surface area contributed by atoms with E-state index in [1.165, 1.54) is 16.8 Å². The van der Waals surface area contributed by atoms with Gasteiger partial charge in [0.05, 0.1) is 11.1 Å². The number of amides is 1. The molecule has 0 aliphatic carbocycles. The number of nitrogens with two attached hydrogens (primary N) is 1. The van der Waals surface area contributed by atoms with E-state index in [9.17, 15) is 9.59 Å². The fourth-order valence-electron chi connectivity index (χ4n) is 1.57. The van der Waals surface area contributed by atoms with Crippen molar-refractivity contribution < 1.29 is 14.7 Å². The zero-order valence-electron chi connectivity index (χ0n) is 9.91. The summed E-state index contributed by atoms with van der Waals surface area (Å²) in [6.45, 7) is 3.24. The molecular formula is C11H12N4O3. The van der Waals surface area contributed by atoms with E-state index < -0.39 is 17.4 Å². The lowest BCUT2D eigenvalue weighted by Crippen LogP contribution is -2.41. The largest absolute Gasteiger partial charge is 0.478 e. The van der Waals surface area contributed by atoms with E-state index in [1.807, 2.05) is 0 Å². The van der Waals surface area contributed by atoms with Crippen LogP contribution in [0.3, 0.4) is 0 Å². The summed E-state index contributed by atoms with van der Waals surface area (Å²) in [7, 11) is 0. The van der Waals surface area contributed by atoms with Gasteiger partial charge in [0.25, 0.3) is 0 Å². The molecule has 2 rings (SSSR count). The highest BCUT2D eigenvalue weighted by molar-refractivity contribution is 5.92. The monoisotopic (exact) mass is 248 g/mol. The predicted molar refractivity (Wildman–Crippen MR) is 63.0 cm³/mol. The second-order valence-electron chi connectivity index (χ2n) is 4.43. The summed E-state index contributed by atoms with van der Waals surface area (Å²) in [6, 6.07) is 4.39. The van der Waals surface area contributed by atoms with Crippen molar-refractivity contribution in [2.75, 3.05) is 0 Å². The van der Waals surface area contributed by atoms with Gasteiger partial charge in [-0.2, -0.15) is 0 Å². The number of carboxylic acid groups (broad SMARTS) is 1. The average Bonchev–Trinajstić information content (AvgIpc) is 2.71. The van der Waals surface area contributed by atoms with Crippen LogP contribution in [0.15, 0.2) is 18.2 Å². The Hall–Kier alpha value is -2.44. The third kappa shape index (κ3) is 1.69. The average molecular weight is 248 g/mol. The van der Waals surface area contributed by atoms with E-state index in [0.717, 1.165) is 0 Å². The van der Waals surface area contributed by atoms with Crippen molar-refractivity contribution in [2.45, 2.75) is 19.4 Å². The zero-order chi connectivity index (χ0) is 13.5. The number of carbonyl (C=O) groups excluding carboxylic acids is 1. The summed E-state index contributed by atoms with van der Waals surface area (Å²) < 4.78 is 1.39. The first-order chi connectivity index (χ1) is 8.34. The molecule has 18 heavy (non-hydrogen) atoms. The second kappa shape index (κ2) is 3.80. The number of carbonyl (C=O) groups is 2. The lowest BCUT2D eigenvalue weighted by Gasteiger charge is -2.21. The van der Waals surface area contributed by atoms with Crippen molar-refractivity contribution >= 4 is 22.9 Å². The zero-order valence-corrected chi connectivity index (χ0v) is 9.91. The van der Waals surface area contributed by atoms with Crippen LogP contribution in [-0.4, -0.2) is 32.0 Å². The van der Waals surface area contributed by atoms with Gasteiger partial charge in [-0.3, -0.25) is 4.79 Å². The van der Waals surface area contributed by atoms with E-state index in [2.05, 4.69) is 10.3 Å². The van der Waals surface area contributed by atoms with Crippen molar-refractivity contribution in [3.63, 3.8) is 0 Å². The summed E-state index contributed by atoms with van der Waals surface area (Å²) in [5, 5.41) is 16.6. The van der Waals surface area contributed by atoms with Gasteiger partial charge < -0.3 is 10.8 Å². The minimum Gasteiger partial charge on any atom is -0.478 e. The van der Waals surface area contributed by atoms with Crippen LogP contribution in [0.2, 0.25) is 0 Å². The minimum absolute atomic E-state index is 0.117. The first-order valence-electron chi connectivity index (χ1n) is 5.23. The lowest BCUT2D eigenvalue weighted by molar-refractivity contribution is -0.125. The third-order valence-corrected chi connectivity index (χ3v) is 2.82. The van der Waals surface area contributed by atoms with Crippen molar-refractivity contribution in [3.8, 4) is 0 Å². The maximum atomic E-state index is 11.4. The van der Waals surface area contributed by atoms with Crippen LogP contribution in [0.25, 0.3) is 11.0 Å². The number of hydrogen-bond donors (Lipinski definition) is 2. The number of carboxylic acids is 1. The van der Waals surface area contributed by atoms with Gasteiger partial charge in [0.15, 0.2) is 0 Å². The molecule has 0 bridgehead atoms. The van der Waals surface area contributed by atoms with Gasteiger partial charge in [0.1, 0.15) is 11.1 Å². The SMILES string of the molecule is CC(C)(C(N)=O)n1nnc2cc(C(=O)O)ccc21. The Morgan fingerprint density at radius 3 is 2.61 bits per heavy atom. The van der Waals surface area contributed by atoms with Gasteiger partial charge in [0, 0.05) is 0 Å². The predicted octanol–water partition coefficient (Wildman–Crippen LogP) is 0.350. The Balaban J connectivity index is 2.63. The number of aromatic nitrogens is 3. The molecule has 0 saturated heterocycles. The number of nitrogens with zero attached hydrogens (tertiary/aromatic N) is 3. The molecule has 1 amide bonds. The van der Waals surface area contributed by atoms with Crippen LogP contribution < -0.4 is 5.73 Å². The van der Waals surface area contributed by atoms with Crippen LogP contribution in [-0.2, 0) is 10.3 Å². The van der Waals surface area contributed by atoms with Gasteiger partial charge in [0.2, 0.25) is 5.91 Å². The van der Waals surface area contributed by atoms with E-state index in [0.29, 0.717) is 11.0 Å². The summed E-state index contributed by atoms with van der Waals surface area (Å²) in [5.41, 5.74) is 5.36. The van der Waals surface area contributed by atoms with E-state index in [1.54, 1.807) is 19.9 Å². The Bertz CT molecular complexity index is 645. The fourth-order valence-corrected chi connectivity index (χ4v) is 1.57. The molecule has 1 heterocycles. The quantitative estimate of drug-likeness (QED) is 0.814. The molecule has 3 N–H and O–H groups in total. The first kappa shape index (κ1) is 12.0. The molecule has 94 valence electrons. The number of fused-ring (bicyclic) bond motifs is 1. The van der Waals surface area contributed by atoms with Crippen molar-refractivity contribution in [2.24, 2.45) is 5.73 Å². The molecule has 0 aliphatic rings. The highest BCUT2D eigenvalue weighted by Gasteiger charge is 2.30. The van der Waals surface area contributed by atoms with Gasteiger partial charge in [-0.25, -0.2) is 9.48 Å². The van der Waals surface area contributed by atoms with E-state index in [4.69, 9.17) is 10.8 Å². The Kier molecular flexibility index (Phi) is 2.54. The fraction of sp³-hybridized carbons (Fsp3) is 0.273. The van der Waals surface area contributed by atoms with Crippen molar-refractivity contribution in [1.82, 2.24) is 15.0 Å². The van der Waals surface area contributed by atoms with Gasteiger partial charge >= 0.3 is 5.97 Å². The van der Waals surface area contributed by atoms with Gasteiger partial charge in [-0.15, -0.1) is 5.10 Å². The van der Waals surface area contributed by atoms with E-state index in [-0.39, 0.29) is 5.56 Å². The van der Waals surface area contributed by atoms with Crippen LogP contribution in [0, 0.1) is 0 Å². The molecule has 0 radical (unpaired) electrons. The molecule has 0 atom stereocenters. The standard InChI is InChI=1S/C11H12N4O3/c1-11(2,10(12)18)15-8-4-3-6(9(16)17)5-7(8)13-14-15/h3-5H,1-2H3,(H2,12,18)(H,16,17). The van der Waals surface area contributed by atoms with Crippen LogP contribution in [0.4, 0.5) is 0 Å². The molecular weight excluding hydrogens is 236 g/mol. The van der Waals surface area contributed by atoms with Gasteiger partial charge in [-0.1, -0.05) is 5.21 Å². The molecule has 1 aromatic heterocycles. The number of rotatable bonds is 3. The number of primary amides is 1. The number of aromatic carboxylic acids is 1. The molecule has 7 nitrogen and oxygen atoms in total. The molecule has 0 fully saturated rings. The van der Waals surface area contributed by atoms with Crippen molar-refractivity contribution in [1.29, 1.82) is 0 Å². The Morgan fingerprint density at radius 1 is 1.39 bits per heavy atom. The molecule has 2 aromatic rings. The normalized spacial score (nSPS) is 11.7. The molecule has 0 aliphatic heterocycles. The molecule has 0 unspecified atom stereocenters. The van der Waals surface area contributed by atoms with Crippen LogP contribution in [0.1, 0.15) is 24.2 Å². The van der Waals surface area contributed by atoms with Crippen molar-refractivity contribution in [3.05, 3.63) is 23.8 Å². The first-order valence-corrected chi connectivity index (χ1v) is 5.23. The lowest BCUT2D eigenvalue weighted by atomic mass is 10.0. The highest BCUT2D eigenvalue weighted by Crippen LogP contribution is 2.21. The van der Waals surface area contributed by atoms with Crippen LogP contribution >= 0.6 is 0 Å². The third-order valence-electron chi connectivity index (χ3n) is 2.82. The maximum Gasteiger partial charge on any atom is 0.335 e. The summed E-state index contributed by atoms with van der Waals surface area (Å²) in [5.74, 6) is -1.59. The van der Waals surface area contributed by atoms with E-state index >= 15 is 0 Å². The number of benzene rings is 1. The molecule has 0 spiro atoms. The Morgan fingerprint density at radius 2 is 2.06 bits per heavy atom. The van der Waals surface area contributed by atoms with Gasteiger partial charge in [-0.05, 0) is 32.0 Å². The molecule has 7 heteroatoms. The smallest absolute Gasteiger partial charge is 0.335 e. The molecule has 1 aromatic carbocycles. The van der Waals surface area contributed by atoms with Crippen LogP contribution in [0.5, 0.6) is 0 Å². The Labute approximate surface area is 102 Å². The summed E-state index contributed by atoms with van der Waals surface area (Å²) in [6.07, 6.45) is 0. The summed E-state index contributed by atoms with van der Waals surface area (Å²) >= 11 is 0. The molecule has 0 saturated carbocycles. The number of hydrogen-bond acceptors (Lipinski definition) is 4. The summed E-state index contributed by atoms with van der Waals surface area (Å²) in [4.78, 5) is 22.2.